The Kier molecular flexibility index (Phi) is 6.87. The van der Waals surface area contributed by atoms with Crippen LogP contribution < -0.4 is 11.1 Å². The molecule has 0 unspecified atom stereocenters. The molecule has 0 bridgehead atoms. The first-order valence-corrected chi connectivity index (χ1v) is 14.1. The molecule has 186 valence electrons. The molecule has 2 amide bonds. The van der Waals surface area contributed by atoms with Crippen LogP contribution in [0, 0.1) is 0 Å². The number of hydrogen-bond donors (Lipinski definition) is 3. The fourth-order valence-corrected chi connectivity index (χ4v) is 7.86. The van der Waals surface area contributed by atoms with Gasteiger partial charge in [0.2, 0.25) is 0 Å². The number of benzene rings is 1. The first kappa shape index (κ1) is 24.5. The summed E-state index contributed by atoms with van der Waals surface area (Å²) in [7, 11) is 1.29. The lowest BCUT2D eigenvalue weighted by Crippen LogP contribution is -2.71. The van der Waals surface area contributed by atoms with Crippen molar-refractivity contribution in [3.63, 3.8) is 0 Å². The van der Waals surface area contributed by atoms with E-state index in [0.29, 0.717) is 17.1 Å². The molecule has 15 heteroatoms. The number of carbonyl (C=O) groups excluding carboxylic acids is 2. The summed E-state index contributed by atoms with van der Waals surface area (Å²) in [6.07, 6.45) is 0. The molecule has 36 heavy (non-hydrogen) atoms. The molecule has 0 spiro atoms. The zero-order chi connectivity index (χ0) is 25.4. The smallest absolute Gasteiger partial charge is 0.352 e. The van der Waals surface area contributed by atoms with Gasteiger partial charge in [-0.3, -0.25) is 14.5 Å². The number of aromatic nitrogens is 2. The lowest BCUT2D eigenvalue weighted by Gasteiger charge is -2.49. The summed E-state index contributed by atoms with van der Waals surface area (Å²) in [5.41, 5.74) is 7.22. The maximum absolute atomic E-state index is 13.0. The molecular weight excluding hydrogens is 545 g/mol. The molecule has 0 aliphatic carbocycles. The number of nitrogen functional groups attached to an aromatic ring is 1. The van der Waals surface area contributed by atoms with Crippen LogP contribution in [0.5, 0.6) is 0 Å². The number of amides is 2. The Labute approximate surface area is 220 Å². The van der Waals surface area contributed by atoms with Crippen molar-refractivity contribution in [2.45, 2.75) is 15.8 Å². The number of thiazole rings is 2. The van der Waals surface area contributed by atoms with Gasteiger partial charge in [0.1, 0.15) is 29.9 Å². The summed E-state index contributed by atoms with van der Waals surface area (Å²) in [5, 5.41) is 17.5. The van der Waals surface area contributed by atoms with E-state index in [9.17, 15) is 19.5 Å². The lowest BCUT2D eigenvalue weighted by molar-refractivity contribution is -0.150. The van der Waals surface area contributed by atoms with Crippen molar-refractivity contribution in [2.24, 2.45) is 5.16 Å². The number of nitrogens with two attached hydrogens (primary N) is 1. The van der Waals surface area contributed by atoms with Crippen molar-refractivity contribution < 1.29 is 24.3 Å². The third-order valence-electron chi connectivity index (χ3n) is 5.34. The van der Waals surface area contributed by atoms with Crippen molar-refractivity contribution in [3.05, 3.63) is 46.6 Å². The summed E-state index contributed by atoms with van der Waals surface area (Å²) < 4.78 is 1.88. The molecule has 1 saturated heterocycles. The average Bonchev–Trinajstić information content (AvgIpc) is 3.49. The highest BCUT2D eigenvalue weighted by atomic mass is 32.2. The second-order valence-electron chi connectivity index (χ2n) is 7.55. The molecule has 2 aliphatic heterocycles. The van der Waals surface area contributed by atoms with Crippen LogP contribution in [-0.2, 0) is 19.2 Å². The van der Waals surface area contributed by atoms with Crippen LogP contribution in [0.2, 0.25) is 0 Å². The second kappa shape index (κ2) is 10.1. The summed E-state index contributed by atoms with van der Waals surface area (Å²) in [6.45, 7) is 0. The van der Waals surface area contributed by atoms with Crippen LogP contribution >= 0.6 is 46.2 Å². The highest BCUT2D eigenvalue weighted by molar-refractivity contribution is 8.02. The third kappa shape index (κ3) is 4.54. The number of thioether (sulfide) groups is 2. The maximum atomic E-state index is 13.0. The molecule has 11 nitrogen and oxygen atoms in total. The number of oxime groups is 1. The first-order valence-electron chi connectivity index (χ1n) is 10.4. The van der Waals surface area contributed by atoms with Gasteiger partial charge in [-0.15, -0.1) is 34.4 Å². The number of para-hydroxylation sites is 1. The van der Waals surface area contributed by atoms with Crippen molar-refractivity contribution >= 4 is 85.0 Å². The number of nitrogens with one attached hydrogen (secondary N) is 1. The van der Waals surface area contributed by atoms with Crippen LogP contribution in [0.25, 0.3) is 10.2 Å². The maximum Gasteiger partial charge on any atom is 0.352 e. The quantitative estimate of drug-likeness (QED) is 0.161. The summed E-state index contributed by atoms with van der Waals surface area (Å²) in [5.74, 6) is -1.56. The lowest BCUT2D eigenvalue weighted by atomic mass is 10.0. The molecule has 5 rings (SSSR count). The molecule has 1 fully saturated rings. The number of rotatable bonds is 8. The SMILES string of the molecule is CO/N=C(/C(=O)N[C@@H]1C(=O)N2C(C(=O)O)=C(CSc3nc4ccccc4s3)CS[C@H]12)c1csc(N)n1. The fourth-order valence-electron chi connectivity index (χ4n) is 3.76. The molecule has 2 aromatic heterocycles. The van der Waals surface area contributed by atoms with Crippen molar-refractivity contribution in [1.29, 1.82) is 0 Å². The van der Waals surface area contributed by atoms with Gasteiger partial charge in [-0.2, -0.15) is 0 Å². The number of carboxylic acid groups (broad SMARTS) is 1. The standard InChI is InChI=1S/C21H18N6O5S4/c1-32-26-13(11-8-34-20(22)23-11)16(28)25-14-17(29)27-15(19(30)31)9(6-33-18(14)27)7-35-21-24-10-4-2-3-5-12(10)36-21/h2-5,8,14,18H,6-7H2,1H3,(H2,22,23)(H,25,28)(H,30,31)/b26-13+/t14-,18-/m1/s1. The molecular formula is C21H18N6O5S4. The fraction of sp³-hybridized carbons (Fsp3) is 0.238. The van der Waals surface area contributed by atoms with Crippen LogP contribution in [-0.4, -0.2) is 73.5 Å². The Balaban J connectivity index is 1.31. The number of carbonyl (C=O) groups is 3. The Hall–Kier alpha value is -3.14. The molecule has 2 atom stereocenters. The number of fused-ring (bicyclic) bond motifs is 2. The Morgan fingerprint density at radius 3 is 2.86 bits per heavy atom. The minimum Gasteiger partial charge on any atom is -0.477 e. The highest BCUT2D eigenvalue weighted by Crippen LogP contribution is 2.42. The van der Waals surface area contributed by atoms with E-state index in [0.717, 1.165) is 25.9 Å². The molecule has 0 saturated carbocycles. The normalized spacial score (nSPS) is 19.8. The summed E-state index contributed by atoms with van der Waals surface area (Å²) in [6, 6.07) is 6.87. The number of β-lactam (4-membered cyclic amide) rings is 1. The zero-order valence-corrected chi connectivity index (χ0v) is 21.8. The molecule has 3 aromatic rings. The number of anilines is 1. The van der Waals surface area contributed by atoms with E-state index in [4.69, 9.17) is 10.6 Å². The highest BCUT2D eigenvalue weighted by Gasteiger charge is 2.54. The number of nitrogens with zero attached hydrogens (tertiary/aromatic N) is 4. The minimum atomic E-state index is -1.18. The summed E-state index contributed by atoms with van der Waals surface area (Å²) in [4.78, 5) is 52.6. The van der Waals surface area contributed by atoms with Gasteiger partial charge in [-0.1, -0.05) is 29.1 Å². The Morgan fingerprint density at radius 2 is 2.17 bits per heavy atom. The summed E-state index contributed by atoms with van der Waals surface area (Å²) >= 11 is 5.51. The largest absolute Gasteiger partial charge is 0.477 e. The zero-order valence-electron chi connectivity index (χ0n) is 18.5. The Bertz CT molecular complexity index is 1400. The van der Waals surface area contributed by atoms with Crippen LogP contribution in [0.15, 0.2) is 50.4 Å². The average molecular weight is 563 g/mol. The van der Waals surface area contributed by atoms with Crippen LogP contribution in [0.4, 0.5) is 5.13 Å². The monoisotopic (exact) mass is 562 g/mol. The minimum absolute atomic E-state index is 0.0408. The van der Waals surface area contributed by atoms with Gasteiger partial charge in [0.05, 0.1) is 10.2 Å². The van der Waals surface area contributed by atoms with Gasteiger partial charge in [0.25, 0.3) is 11.8 Å². The third-order valence-corrected chi connectivity index (χ3v) is 9.62. The van der Waals surface area contributed by atoms with E-state index in [2.05, 4.69) is 20.4 Å². The Morgan fingerprint density at radius 1 is 1.36 bits per heavy atom. The molecule has 1 aromatic carbocycles. The second-order valence-corrected chi connectivity index (χ2v) is 11.8. The van der Waals surface area contributed by atoms with Crippen molar-refractivity contribution in [3.8, 4) is 0 Å². The van der Waals surface area contributed by atoms with Crippen molar-refractivity contribution in [2.75, 3.05) is 24.3 Å². The molecule has 0 radical (unpaired) electrons. The predicted molar refractivity (Wildman–Crippen MR) is 140 cm³/mol. The predicted octanol–water partition coefficient (Wildman–Crippen LogP) is 2.22. The number of aliphatic carboxylic acids is 1. The first-order chi connectivity index (χ1) is 17.4. The number of carboxylic acids is 1. The van der Waals surface area contributed by atoms with E-state index < -0.39 is 29.2 Å². The molecule has 4 N–H and O–H groups in total. The molecule has 4 heterocycles. The van der Waals surface area contributed by atoms with Crippen molar-refractivity contribution in [1.82, 2.24) is 20.2 Å². The van der Waals surface area contributed by atoms with Gasteiger partial charge in [0.15, 0.2) is 15.2 Å². The van der Waals surface area contributed by atoms with E-state index in [-0.39, 0.29) is 22.2 Å². The van der Waals surface area contributed by atoms with E-state index in [1.54, 1.807) is 5.38 Å². The van der Waals surface area contributed by atoms with E-state index in [1.165, 1.54) is 46.9 Å². The van der Waals surface area contributed by atoms with Gasteiger partial charge in [-0.25, -0.2) is 14.8 Å². The van der Waals surface area contributed by atoms with Crippen LogP contribution in [0.1, 0.15) is 5.69 Å². The van der Waals surface area contributed by atoms with Gasteiger partial charge in [0, 0.05) is 16.9 Å². The van der Waals surface area contributed by atoms with Gasteiger partial charge >= 0.3 is 5.97 Å². The number of hydrogen-bond acceptors (Lipinski definition) is 12. The molecule has 2 aliphatic rings. The topological polar surface area (TPSA) is 160 Å². The van der Waals surface area contributed by atoms with Gasteiger partial charge < -0.3 is 21.0 Å². The van der Waals surface area contributed by atoms with E-state index >= 15 is 0 Å². The van der Waals surface area contributed by atoms with Gasteiger partial charge in [-0.05, 0) is 17.7 Å². The van der Waals surface area contributed by atoms with E-state index in [1.807, 2.05) is 24.3 Å². The van der Waals surface area contributed by atoms with Crippen LogP contribution in [0.3, 0.4) is 0 Å².